The van der Waals surface area contributed by atoms with Gasteiger partial charge in [-0.2, -0.15) is 5.10 Å². The summed E-state index contributed by atoms with van der Waals surface area (Å²) >= 11 is 0. The lowest BCUT2D eigenvalue weighted by molar-refractivity contribution is 0.0664. The molecule has 6 heteroatoms. The molecule has 0 radical (unpaired) electrons. The lowest BCUT2D eigenvalue weighted by Crippen LogP contribution is -2.42. The van der Waals surface area contributed by atoms with E-state index in [0.717, 1.165) is 51.9 Å². The molecule has 2 rings (SSSR count). The molecule has 6 nitrogen and oxygen atoms in total. The van der Waals surface area contributed by atoms with Gasteiger partial charge in [0.2, 0.25) is 0 Å². The van der Waals surface area contributed by atoms with E-state index in [1.54, 1.807) is 6.07 Å². The van der Waals surface area contributed by atoms with Gasteiger partial charge in [0.15, 0.2) is 0 Å². The lowest BCUT2D eigenvalue weighted by Gasteiger charge is -2.33. The van der Waals surface area contributed by atoms with Crippen molar-refractivity contribution < 1.29 is 4.79 Å². The summed E-state index contributed by atoms with van der Waals surface area (Å²) in [5, 5.41) is 4.29. The number of amides is 1. The first-order chi connectivity index (χ1) is 12.5. The molecule has 1 amide bonds. The first-order valence-electron chi connectivity index (χ1n) is 10.1. The van der Waals surface area contributed by atoms with Crippen LogP contribution < -0.4 is 5.56 Å². The molecule has 0 unspecified atom stereocenters. The van der Waals surface area contributed by atoms with Crippen LogP contribution >= 0.6 is 0 Å². The van der Waals surface area contributed by atoms with Crippen LogP contribution in [0.15, 0.2) is 16.9 Å². The number of unbranched alkanes of at least 4 members (excludes halogenated alkanes) is 2. The van der Waals surface area contributed by atoms with Crippen LogP contribution in [0.2, 0.25) is 0 Å². The molecule has 1 fully saturated rings. The molecule has 2 heterocycles. The molecule has 146 valence electrons. The van der Waals surface area contributed by atoms with Gasteiger partial charge >= 0.3 is 0 Å². The minimum absolute atomic E-state index is 0.0481. The van der Waals surface area contributed by atoms with Gasteiger partial charge in [0, 0.05) is 32.2 Å². The van der Waals surface area contributed by atoms with Gasteiger partial charge in [-0.25, -0.2) is 4.68 Å². The molecule has 26 heavy (non-hydrogen) atoms. The minimum Gasteiger partial charge on any atom is -0.337 e. The maximum absolute atomic E-state index is 12.7. The summed E-state index contributed by atoms with van der Waals surface area (Å²) in [6.07, 6.45) is 6.43. The van der Waals surface area contributed by atoms with Crippen LogP contribution in [0.3, 0.4) is 0 Å². The molecule has 0 N–H and O–H groups in total. The molecule has 0 spiro atoms. The highest BCUT2D eigenvalue weighted by Gasteiger charge is 2.25. The molecule has 0 saturated carbocycles. The summed E-state index contributed by atoms with van der Waals surface area (Å²) in [5.74, 6) is 0.611. The van der Waals surface area contributed by atoms with Gasteiger partial charge in [-0.1, -0.05) is 26.7 Å². The van der Waals surface area contributed by atoms with Gasteiger partial charge < -0.3 is 9.80 Å². The number of aromatic nitrogens is 2. The highest BCUT2D eigenvalue weighted by Crippen LogP contribution is 2.19. The summed E-state index contributed by atoms with van der Waals surface area (Å²) < 4.78 is 1.42. The van der Waals surface area contributed by atoms with Crippen molar-refractivity contribution >= 4 is 5.91 Å². The van der Waals surface area contributed by atoms with E-state index in [0.29, 0.717) is 18.2 Å². The van der Waals surface area contributed by atoms with E-state index < -0.39 is 0 Å². The Balaban J connectivity index is 1.89. The van der Waals surface area contributed by atoms with Crippen LogP contribution in [-0.4, -0.2) is 58.7 Å². The fourth-order valence-corrected chi connectivity index (χ4v) is 3.47. The van der Waals surface area contributed by atoms with Crippen LogP contribution in [0.4, 0.5) is 0 Å². The lowest BCUT2D eigenvalue weighted by atomic mass is 9.96. The molecule has 1 aromatic rings. The molecule has 1 aromatic heterocycles. The number of hydrogen-bond acceptors (Lipinski definition) is 4. The van der Waals surface area contributed by atoms with Crippen molar-refractivity contribution in [3.8, 4) is 0 Å². The molecular formula is C20H34N4O2. The number of aryl methyl sites for hydroxylation is 1. The van der Waals surface area contributed by atoms with E-state index in [1.807, 2.05) is 4.90 Å². The van der Waals surface area contributed by atoms with E-state index in [2.05, 4.69) is 30.9 Å². The summed E-state index contributed by atoms with van der Waals surface area (Å²) in [5.41, 5.74) is 0.253. The van der Waals surface area contributed by atoms with Crippen LogP contribution in [-0.2, 0) is 6.54 Å². The molecule has 0 atom stereocenters. The number of piperidine rings is 1. The molecule has 1 aliphatic heterocycles. The van der Waals surface area contributed by atoms with Gasteiger partial charge in [0.1, 0.15) is 5.69 Å². The number of nitrogens with zero attached hydrogens (tertiary/aromatic N) is 4. The Morgan fingerprint density at radius 3 is 2.54 bits per heavy atom. The monoisotopic (exact) mass is 362 g/mol. The number of carbonyl (C=O) groups is 1. The standard InChI is InChI=1S/C20H34N4O2/c1-4-6-12-22(3)16-17-10-14-23(15-11-17)20(26)18-8-9-19(25)24(21-18)13-7-5-2/h8-9,17H,4-7,10-16H2,1-3H3. The predicted molar refractivity (Wildman–Crippen MR) is 104 cm³/mol. The summed E-state index contributed by atoms with van der Waals surface area (Å²) in [6, 6.07) is 3.03. The molecule has 1 aliphatic rings. The van der Waals surface area contributed by atoms with Gasteiger partial charge in [-0.05, 0) is 51.3 Å². The number of carbonyl (C=O) groups excluding carboxylic acids is 1. The molecule has 0 bridgehead atoms. The smallest absolute Gasteiger partial charge is 0.274 e. The van der Waals surface area contributed by atoms with Crippen LogP contribution in [0.1, 0.15) is 62.9 Å². The second-order valence-corrected chi connectivity index (χ2v) is 7.48. The third-order valence-electron chi connectivity index (χ3n) is 5.17. The molecule has 0 aromatic carbocycles. The first kappa shape index (κ1) is 20.6. The normalized spacial score (nSPS) is 15.6. The Hall–Kier alpha value is -1.69. The third-order valence-corrected chi connectivity index (χ3v) is 5.17. The first-order valence-corrected chi connectivity index (χ1v) is 10.1. The largest absolute Gasteiger partial charge is 0.337 e. The molecule has 1 saturated heterocycles. The van der Waals surface area contributed by atoms with E-state index in [9.17, 15) is 9.59 Å². The topological polar surface area (TPSA) is 58.4 Å². The predicted octanol–water partition coefficient (Wildman–Crippen LogP) is 2.63. The van der Waals surface area contributed by atoms with E-state index in [1.165, 1.54) is 23.6 Å². The van der Waals surface area contributed by atoms with Crippen molar-refractivity contribution in [3.05, 3.63) is 28.2 Å². The third kappa shape index (κ3) is 5.94. The second-order valence-electron chi connectivity index (χ2n) is 7.48. The Labute approximate surface area is 157 Å². The van der Waals surface area contributed by atoms with Crippen molar-refractivity contribution in [2.24, 2.45) is 5.92 Å². The summed E-state index contributed by atoms with van der Waals surface area (Å²) in [4.78, 5) is 28.9. The maximum atomic E-state index is 12.7. The maximum Gasteiger partial charge on any atom is 0.274 e. The zero-order valence-corrected chi connectivity index (χ0v) is 16.6. The Morgan fingerprint density at radius 1 is 1.19 bits per heavy atom. The van der Waals surface area contributed by atoms with Crippen molar-refractivity contribution in [1.82, 2.24) is 19.6 Å². The highest BCUT2D eigenvalue weighted by atomic mass is 16.2. The second kappa shape index (κ2) is 10.5. The van der Waals surface area contributed by atoms with Gasteiger partial charge in [0.25, 0.3) is 11.5 Å². The fourth-order valence-electron chi connectivity index (χ4n) is 3.47. The van der Waals surface area contributed by atoms with Crippen molar-refractivity contribution in [1.29, 1.82) is 0 Å². The van der Waals surface area contributed by atoms with E-state index in [4.69, 9.17) is 0 Å². The summed E-state index contributed by atoms with van der Waals surface area (Å²) in [6.45, 7) is 8.69. The summed E-state index contributed by atoms with van der Waals surface area (Å²) in [7, 11) is 2.19. The van der Waals surface area contributed by atoms with Gasteiger partial charge in [0.05, 0.1) is 0 Å². The van der Waals surface area contributed by atoms with Crippen LogP contribution in [0, 0.1) is 5.92 Å². The van der Waals surface area contributed by atoms with E-state index >= 15 is 0 Å². The SMILES string of the molecule is CCCCN(C)CC1CCN(C(=O)c2ccc(=O)n(CCCC)n2)CC1. The fraction of sp³-hybridized carbons (Fsp3) is 0.750. The average Bonchev–Trinajstić information content (AvgIpc) is 2.66. The molecule has 0 aliphatic carbocycles. The van der Waals surface area contributed by atoms with Crippen molar-refractivity contribution in [3.63, 3.8) is 0 Å². The zero-order valence-electron chi connectivity index (χ0n) is 16.6. The quantitative estimate of drug-likeness (QED) is 0.678. The Kier molecular flexibility index (Phi) is 8.29. The number of rotatable bonds is 9. The van der Waals surface area contributed by atoms with E-state index in [-0.39, 0.29) is 11.5 Å². The van der Waals surface area contributed by atoms with Crippen LogP contribution in [0.25, 0.3) is 0 Å². The number of hydrogen-bond donors (Lipinski definition) is 0. The van der Waals surface area contributed by atoms with Gasteiger partial charge in [-0.15, -0.1) is 0 Å². The zero-order chi connectivity index (χ0) is 18.9. The van der Waals surface area contributed by atoms with Crippen LogP contribution in [0.5, 0.6) is 0 Å². The number of likely N-dealkylation sites (tertiary alicyclic amines) is 1. The Morgan fingerprint density at radius 2 is 1.88 bits per heavy atom. The highest BCUT2D eigenvalue weighted by molar-refractivity contribution is 5.92. The Bertz CT molecular complexity index is 620. The van der Waals surface area contributed by atoms with Crippen molar-refractivity contribution in [2.45, 2.75) is 58.9 Å². The van der Waals surface area contributed by atoms with Gasteiger partial charge in [-0.3, -0.25) is 9.59 Å². The van der Waals surface area contributed by atoms with Crippen molar-refractivity contribution in [2.75, 3.05) is 33.2 Å². The molecular weight excluding hydrogens is 328 g/mol. The minimum atomic E-state index is -0.135. The average molecular weight is 363 g/mol.